The number of hydrogen-bond acceptors (Lipinski definition) is 2. The first kappa shape index (κ1) is 15.5. The second-order valence-electron chi connectivity index (χ2n) is 5.15. The second kappa shape index (κ2) is 5.48. The van der Waals surface area contributed by atoms with Crippen molar-refractivity contribution in [2.75, 3.05) is 0 Å². The van der Waals surface area contributed by atoms with E-state index >= 15 is 0 Å². The second-order valence-corrected chi connectivity index (χ2v) is 6.07. The molecule has 4 nitrogen and oxygen atoms in total. The van der Waals surface area contributed by atoms with Gasteiger partial charge in [-0.05, 0) is 56.5 Å². The summed E-state index contributed by atoms with van der Waals surface area (Å²) in [7, 11) is 0. The molecule has 0 amide bonds. The lowest BCUT2D eigenvalue weighted by Gasteiger charge is -2.18. The Bertz CT molecular complexity index is 783. The lowest BCUT2D eigenvalue weighted by Crippen LogP contribution is -2.25. The summed E-state index contributed by atoms with van der Waals surface area (Å²) in [5.41, 5.74) is 3.44. The van der Waals surface area contributed by atoms with Crippen LogP contribution in [0.2, 0.25) is 0 Å². The monoisotopic (exact) mass is 349 g/mol. The van der Waals surface area contributed by atoms with Gasteiger partial charge in [0.05, 0.1) is 11.3 Å². The van der Waals surface area contributed by atoms with Gasteiger partial charge in [-0.15, -0.1) is 0 Å². The summed E-state index contributed by atoms with van der Waals surface area (Å²) in [4.78, 5) is 23.8. The minimum atomic E-state index is -1.02. The molecule has 1 N–H and O–H groups in total. The SMILES string of the molecule is Cc1cc(=O)n(-c2c(C)cc(Br)cc2C)c(C)c1C(=O)O. The van der Waals surface area contributed by atoms with Crippen LogP contribution in [0.15, 0.2) is 27.5 Å². The van der Waals surface area contributed by atoms with Crippen LogP contribution in [0.4, 0.5) is 0 Å². The summed E-state index contributed by atoms with van der Waals surface area (Å²) in [6.07, 6.45) is 0. The lowest BCUT2D eigenvalue weighted by molar-refractivity contribution is 0.0694. The highest BCUT2D eigenvalue weighted by Gasteiger charge is 2.18. The normalized spacial score (nSPS) is 10.7. The van der Waals surface area contributed by atoms with Crippen molar-refractivity contribution in [2.24, 2.45) is 0 Å². The molecule has 1 heterocycles. The van der Waals surface area contributed by atoms with Crippen molar-refractivity contribution in [3.63, 3.8) is 0 Å². The van der Waals surface area contributed by atoms with Crippen molar-refractivity contribution in [3.8, 4) is 5.69 Å². The predicted octanol–water partition coefficient (Wildman–Crippen LogP) is 3.53. The number of carbonyl (C=O) groups is 1. The zero-order chi connectivity index (χ0) is 15.9. The fourth-order valence-corrected chi connectivity index (χ4v) is 3.43. The van der Waals surface area contributed by atoms with Gasteiger partial charge in [0.25, 0.3) is 5.56 Å². The van der Waals surface area contributed by atoms with E-state index < -0.39 is 5.97 Å². The molecule has 0 radical (unpaired) electrons. The highest BCUT2D eigenvalue weighted by Crippen LogP contribution is 2.25. The maximum atomic E-state index is 12.4. The van der Waals surface area contributed by atoms with Crippen LogP contribution in [0.25, 0.3) is 5.69 Å². The molecule has 1 aromatic heterocycles. The number of aromatic nitrogens is 1. The van der Waals surface area contributed by atoms with Crippen LogP contribution in [-0.2, 0) is 0 Å². The Kier molecular flexibility index (Phi) is 4.05. The van der Waals surface area contributed by atoms with Gasteiger partial charge in [0.15, 0.2) is 0 Å². The van der Waals surface area contributed by atoms with E-state index in [-0.39, 0.29) is 11.1 Å². The molecule has 0 fully saturated rings. The number of benzene rings is 1. The molecule has 0 aliphatic carbocycles. The zero-order valence-electron chi connectivity index (χ0n) is 12.3. The van der Waals surface area contributed by atoms with Crippen molar-refractivity contribution in [3.05, 3.63) is 61.0 Å². The predicted molar refractivity (Wildman–Crippen MR) is 85.6 cm³/mol. The maximum absolute atomic E-state index is 12.4. The molecule has 2 rings (SSSR count). The first-order chi connectivity index (χ1) is 9.73. The van der Waals surface area contributed by atoms with Gasteiger partial charge in [-0.2, -0.15) is 0 Å². The average Bonchev–Trinajstić information content (AvgIpc) is 2.30. The molecule has 0 bridgehead atoms. The molecule has 0 aliphatic heterocycles. The van der Waals surface area contributed by atoms with Gasteiger partial charge in [-0.3, -0.25) is 9.36 Å². The Labute approximate surface area is 131 Å². The van der Waals surface area contributed by atoms with E-state index in [0.29, 0.717) is 11.3 Å². The van der Waals surface area contributed by atoms with E-state index in [1.807, 2.05) is 26.0 Å². The number of aryl methyl sites for hydroxylation is 3. The molecule has 0 saturated carbocycles. The molecular formula is C16H16BrNO3. The molecule has 2 aromatic rings. The topological polar surface area (TPSA) is 59.3 Å². The van der Waals surface area contributed by atoms with Gasteiger partial charge in [0, 0.05) is 16.2 Å². The molecule has 0 saturated heterocycles. The van der Waals surface area contributed by atoms with Gasteiger partial charge in [-0.25, -0.2) is 4.79 Å². The molecule has 0 aliphatic rings. The molecule has 0 atom stereocenters. The van der Waals surface area contributed by atoms with E-state index in [1.54, 1.807) is 13.8 Å². The third kappa shape index (κ3) is 2.65. The van der Waals surface area contributed by atoms with Crippen LogP contribution >= 0.6 is 15.9 Å². The molecular weight excluding hydrogens is 334 g/mol. The Morgan fingerprint density at radius 1 is 1.05 bits per heavy atom. The van der Waals surface area contributed by atoms with Crippen LogP contribution in [0.1, 0.15) is 32.7 Å². The minimum absolute atomic E-state index is 0.177. The summed E-state index contributed by atoms with van der Waals surface area (Å²) in [5.74, 6) is -1.02. The first-order valence-electron chi connectivity index (χ1n) is 6.47. The summed E-state index contributed by atoms with van der Waals surface area (Å²) in [6.45, 7) is 7.11. The van der Waals surface area contributed by atoms with Gasteiger partial charge in [-0.1, -0.05) is 15.9 Å². The Balaban J connectivity index is 2.92. The largest absolute Gasteiger partial charge is 0.478 e. The maximum Gasteiger partial charge on any atom is 0.337 e. The minimum Gasteiger partial charge on any atom is -0.478 e. The van der Waals surface area contributed by atoms with Crippen LogP contribution in [0, 0.1) is 27.7 Å². The van der Waals surface area contributed by atoms with Crippen LogP contribution in [-0.4, -0.2) is 15.6 Å². The number of rotatable bonds is 2. The van der Waals surface area contributed by atoms with E-state index in [9.17, 15) is 14.7 Å². The van der Waals surface area contributed by atoms with E-state index in [4.69, 9.17) is 0 Å². The molecule has 1 aromatic carbocycles. The Hall–Kier alpha value is -1.88. The number of aromatic carboxylic acids is 1. The fourth-order valence-electron chi connectivity index (χ4n) is 2.74. The van der Waals surface area contributed by atoms with Crippen molar-refractivity contribution < 1.29 is 9.90 Å². The molecule has 110 valence electrons. The van der Waals surface area contributed by atoms with Gasteiger partial charge in [0.1, 0.15) is 0 Å². The lowest BCUT2D eigenvalue weighted by atomic mass is 10.0. The number of hydrogen-bond donors (Lipinski definition) is 1. The standard InChI is InChI=1S/C16H16BrNO3/c1-8-7-13(19)18(11(4)14(8)16(20)21)15-9(2)5-12(17)6-10(15)3/h5-7H,1-4H3,(H,20,21). The quantitative estimate of drug-likeness (QED) is 0.901. The molecule has 0 unspecified atom stereocenters. The van der Waals surface area contributed by atoms with E-state index in [0.717, 1.165) is 21.3 Å². The summed E-state index contributed by atoms with van der Waals surface area (Å²) in [6, 6.07) is 5.19. The van der Waals surface area contributed by atoms with Crippen LogP contribution in [0.3, 0.4) is 0 Å². The first-order valence-corrected chi connectivity index (χ1v) is 7.27. The van der Waals surface area contributed by atoms with E-state index in [1.165, 1.54) is 10.6 Å². The van der Waals surface area contributed by atoms with Crippen LogP contribution in [0.5, 0.6) is 0 Å². The highest BCUT2D eigenvalue weighted by atomic mass is 79.9. The highest BCUT2D eigenvalue weighted by molar-refractivity contribution is 9.10. The number of carboxylic acid groups (broad SMARTS) is 1. The third-order valence-corrected chi connectivity index (χ3v) is 4.00. The van der Waals surface area contributed by atoms with Crippen LogP contribution < -0.4 is 5.56 Å². The molecule has 5 heteroatoms. The van der Waals surface area contributed by atoms with Crippen molar-refractivity contribution in [1.82, 2.24) is 4.57 Å². The Morgan fingerprint density at radius 3 is 2.05 bits per heavy atom. The summed E-state index contributed by atoms with van der Waals surface area (Å²) >= 11 is 3.42. The smallest absolute Gasteiger partial charge is 0.337 e. The van der Waals surface area contributed by atoms with Crippen molar-refractivity contribution in [1.29, 1.82) is 0 Å². The summed E-state index contributed by atoms with van der Waals surface area (Å²) in [5, 5.41) is 9.37. The van der Waals surface area contributed by atoms with Gasteiger partial charge < -0.3 is 5.11 Å². The molecule has 0 spiro atoms. The van der Waals surface area contributed by atoms with Crippen molar-refractivity contribution in [2.45, 2.75) is 27.7 Å². The van der Waals surface area contributed by atoms with Gasteiger partial charge >= 0.3 is 5.97 Å². The fraction of sp³-hybridized carbons (Fsp3) is 0.250. The zero-order valence-corrected chi connectivity index (χ0v) is 13.9. The number of pyridine rings is 1. The number of halogens is 1. The number of nitrogens with zero attached hydrogens (tertiary/aromatic N) is 1. The molecule has 21 heavy (non-hydrogen) atoms. The van der Waals surface area contributed by atoms with Gasteiger partial charge in [0.2, 0.25) is 0 Å². The number of carboxylic acids is 1. The Morgan fingerprint density at radius 2 is 1.57 bits per heavy atom. The average molecular weight is 350 g/mol. The third-order valence-electron chi connectivity index (χ3n) is 3.55. The summed E-state index contributed by atoms with van der Waals surface area (Å²) < 4.78 is 2.41. The van der Waals surface area contributed by atoms with Crippen molar-refractivity contribution >= 4 is 21.9 Å². The van der Waals surface area contributed by atoms with E-state index in [2.05, 4.69) is 15.9 Å².